The summed E-state index contributed by atoms with van der Waals surface area (Å²) >= 11 is 6.30. The molecule has 3 rings (SSSR count). The number of rotatable bonds is 5. The molecule has 3 aromatic rings. The van der Waals surface area contributed by atoms with Crippen LogP contribution in [0.5, 0.6) is 0 Å². The number of amidine groups is 1. The van der Waals surface area contributed by atoms with Crippen molar-refractivity contribution in [2.75, 3.05) is 11.6 Å². The van der Waals surface area contributed by atoms with Crippen molar-refractivity contribution < 1.29 is 9.00 Å². The Kier molecular flexibility index (Phi) is 9.09. The van der Waals surface area contributed by atoms with Gasteiger partial charge in [-0.3, -0.25) is 5.41 Å². The number of carbonyl (C=O) groups excluding carboxylic acids is 1. The van der Waals surface area contributed by atoms with E-state index in [9.17, 15) is 9.00 Å². The Balaban J connectivity index is 0.000000248. The minimum absolute atomic E-state index is 0.0118. The number of carbonyl (C=O) groups is 1. The van der Waals surface area contributed by atoms with Gasteiger partial charge >= 0.3 is 6.03 Å². The molecule has 30 heavy (non-hydrogen) atoms. The highest BCUT2D eigenvalue weighted by molar-refractivity contribution is 9.10. The van der Waals surface area contributed by atoms with Gasteiger partial charge in [0.05, 0.1) is 24.8 Å². The molecule has 158 valence electrons. The first-order valence-corrected chi connectivity index (χ1v) is 12.5. The molecule has 0 fully saturated rings. The van der Waals surface area contributed by atoms with Crippen LogP contribution in [0, 0.1) is 12.3 Å². The molecule has 0 bridgehead atoms. The first-order chi connectivity index (χ1) is 14.2. The largest absolute Gasteiger partial charge is 0.383 e. The summed E-state index contributed by atoms with van der Waals surface area (Å²) in [5.41, 5.74) is 12.3. The van der Waals surface area contributed by atoms with E-state index in [4.69, 9.17) is 16.9 Å². The first-order valence-electron chi connectivity index (χ1n) is 8.54. The van der Waals surface area contributed by atoms with Gasteiger partial charge in [-0.1, -0.05) is 39.7 Å². The smallest absolute Gasteiger partial charge is 0.316 e. The molecule has 1 atom stereocenters. The van der Waals surface area contributed by atoms with Gasteiger partial charge in [0.25, 0.3) is 0 Å². The summed E-state index contributed by atoms with van der Waals surface area (Å²) in [5, 5.41) is 9.94. The van der Waals surface area contributed by atoms with Gasteiger partial charge in [-0.05, 0) is 49.6 Å². The van der Waals surface area contributed by atoms with E-state index in [1.54, 1.807) is 18.2 Å². The minimum Gasteiger partial charge on any atom is -0.383 e. The molecular formula is C20H21BrN4O2S3. The molecule has 0 aliphatic heterocycles. The monoisotopic (exact) mass is 524 g/mol. The van der Waals surface area contributed by atoms with Gasteiger partial charge in [-0.25, -0.2) is 9.00 Å². The number of aryl methyl sites for hydroxylation is 1. The van der Waals surface area contributed by atoms with Crippen molar-refractivity contribution in [1.82, 2.24) is 0 Å². The Bertz CT molecular complexity index is 1070. The van der Waals surface area contributed by atoms with Gasteiger partial charge in [0, 0.05) is 15.1 Å². The Morgan fingerprint density at radius 2 is 1.83 bits per heavy atom. The third kappa shape index (κ3) is 6.98. The SMILES string of the molecule is CSc1sc(C(=N)N)cc1S(=O)c1cccc(Br)c1.Cc1ccc(NC(N)=O)cc1. The number of hydrogen-bond acceptors (Lipinski definition) is 5. The summed E-state index contributed by atoms with van der Waals surface area (Å²) in [5.74, 6) is 0.0118. The fraction of sp³-hybridized carbons (Fsp3) is 0.100. The zero-order chi connectivity index (χ0) is 22.3. The van der Waals surface area contributed by atoms with E-state index >= 15 is 0 Å². The van der Waals surface area contributed by atoms with Crippen molar-refractivity contribution in [3.63, 3.8) is 0 Å². The third-order valence-corrected chi connectivity index (χ3v) is 8.10. The molecule has 2 amide bonds. The third-order valence-electron chi connectivity index (χ3n) is 3.65. The molecule has 6 N–H and O–H groups in total. The number of benzene rings is 2. The van der Waals surface area contributed by atoms with Gasteiger partial charge < -0.3 is 16.8 Å². The van der Waals surface area contributed by atoms with Crippen LogP contribution in [0.1, 0.15) is 10.4 Å². The molecular weight excluding hydrogens is 504 g/mol. The van der Waals surface area contributed by atoms with Crippen LogP contribution in [-0.2, 0) is 10.8 Å². The quantitative estimate of drug-likeness (QED) is 0.209. The molecule has 0 saturated heterocycles. The Labute approximate surface area is 194 Å². The lowest BCUT2D eigenvalue weighted by Crippen LogP contribution is -2.19. The molecule has 2 aromatic carbocycles. The summed E-state index contributed by atoms with van der Waals surface area (Å²) in [6.07, 6.45) is 1.93. The minimum atomic E-state index is -1.26. The zero-order valence-corrected chi connectivity index (χ0v) is 20.3. The van der Waals surface area contributed by atoms with E-state index in [-0.39, 0.29) is 5.84 Å². The zero-order valence-electron chi connectivity index (χ0n) is 16.3. The van der Waals surface area contributed by atoms with Gasteiger partial charge in [-0.2, -0.15) is 0 Å². The molecule has 0 radical (unpaired) electrons. The molecule has 0 aliphatic carbocycles. The van der Waals surface area contributed by atoms with Gasteiger partial charge in [0.1, 0.15) is 5.84 Å². The number of nitrogen functional groups attached to an aromatic ring is 1. The van der Waals surface area contributed by atoms with Crippen LogP contribution >= 0.6 is 39.0 Å². The number of urea groups is 1. The molecule has 0 saturated carbocycles. The van der Waals surface area contributed by atoms with E-state index in [1.807, 2.05) is 49.6 Å². The van der Waals surface area contributed by atoms with Gasteiger partial charge in [0.15, 0.2) is 0 Å². The predicted molar refractivity (Wildman–Crippen MR) is 130 cm³/mol. The summed E-state index contributed by atoms with van der Waals surface area (Å²) in [6, 6.07) is 16.1. The number of thiophene rings is 1. The number of nitrogens with two attached hydrogens (primary N) is 2. The molecule has 6 nitrogen and oxygen atoms in total. The van der Waals surface area contributed by atoms with Crippen LogP contribution in [0.25, 0.3) is 0 Å². The maximum atomic E-state index is 12.6. The van der Waals surface area contributed by atoms with E-state index in [2.05, 4.69) is 21.2 Å². The first kappa shape index (κ1) is 24.1. The van der Waals surface area contributed by atoms with Crippen molar-refractivity contribution in [3.05, 3.63) is 69.5 Å². The van der Waals surface area contributed by atoms with Gasteiger partial charge in [-0.15, -0.1) is 23.1 Å². The Morgan fingerprint density at radius 1 is 1.17 bits per heavy atom. The number of halogens is 1. The summed E-state index contributed by atoms with van der Waals surface area (Å²) in [7, 11) is -1.26. The summed E-state index contributed by atoms with van der Waals surface area (Å²) in [6.45, 7) is 1.98. The number of thioether (sulfide) groups is 1. The number of nitrogens with one attached hydrogen (secondary N) is 2. The Morgan fingerprint density at radius 3 is 2.37 bits per heavy atom. The summed E-state index contributed by atoms with van der Waals surface area (Å²) in [4.78, 5) is 12.5. The van der Waals surface area contributed by atoms with Crippen molar-refractivity contribution in [2.45, 2.75) is 20.9 Å². The molecule has 0 aliphatic rings. The van der Waals surface area contributed by atoms with Crippen molar-refractivity contribution >= 4 is 67.4 Å². The van der Waals surface area contributed by atoms with E-state index in [0.717, 1.165) is 29.7 Å². The second-order valence-corrected chi connectivity index (χ2v) is 10.5. The molecule has 1 heterocycles. The standard InChI is InChI=1S/C12H11BrN2OS3.C8H10N2O/c1-17-12-10(6-9(18-12)11(14)15)19(16)8-4-2-3-7(13)5-8;1-6-2-4-7(5-3-6)10-8(9)11/h2-6H,1H3,(H3,14,15);2-5H,1H3,(H3,9,10,11). The average molecular weight is 526 g/mol. The topological polar surface area (TPSA) is 122 Å². The lowest BCUT2D eigenvalue weighted by molar-refractivity contribution is 0.259. The van der Waals surface area contributed by atoms with Crippen LogP contribution in [-0.4, -0.2) is 22.3 Å². The fourth-order valence-corrected chi connectivity index (χ4v) is 6.28. The maximum absolute atomic E-state index is 12.6. The van der Waals surface area contributed by atoms with Crippen LogP contribution in [0.2, 0.25) is 0 Å². The number of anilines is 1. The lowest BCUT2D eigenvalue weighted by Gasteiger charge is -2.02. The highest BCUT2D eigenvalue weighted by Gasteiger charge is 2.17. The molecule has 10 heteroatoms. The van der Waals surface area contributed by atoms with Crippen LogP contribution < -0.4 is 16.8 Å². The van der Waals surface area contributed by atoms with Crippen molar-refractivity contribution in [1.29, 1.82) is 5.41 Å². The highest BCUT2D eigenvalue weighted by atomic mass is 79.9. The fourth-order valence-electron chi connectivity index (χ4n) is 2.25. The van der Waals surface area contributed by atoms with E-state index < -0.39 is 16.8 Å². The second kappa shape index (κ2) is 11.3. The normalized spacial score (nSPS) is 11.2. The number of hydrogen-bond donors (Lipinski definition) is 4. The number of primary amides is 1. The molecule has 1 unspecified atom stereocenters. The lowest BCUT2D eigenvalue weighted by atomic mass is 10.2. The van der Waals surface area contributed by atoms with E-state index in [0.29, 0.717) is 4.88 Å². The number of amides is 2. The maximum Gasteiger partial charge on any atom is 0.316 e. The van der Waals surface area contributed by atoms with Gasteiger partial charge in [0.2, 0.25) is 0 Å². The highest BCUT2D eigenvalue weighted by Crippen LogP contribution is 2.35. The molecule has 1 aromatic heterocycles. The van der Waals surface area contributed by atoms with Crippen LogP contribution in [0.3, 0.4) is 0 Å². The summed E-state index contributed by atoms with van der Waals surface area (Å²) < 4.78 is 14.4. The van der Waals surface area contributed by atoms with Crippen molar-refractivity contribution in [3.8, 4) is 0 Å². The van der Waals surface area contributed by atoms with Crippen LogP contribution in [0.15, 0.2) is 73.1 Å². The van der Waals surface area contributed by atoms with E-state index in [1.165, 1.54) is 23.1 Å². The average Bonchev–Trinajstić information content (AvgIpc) is 3.14. The predicted octanol–water partition coefficient (Wildman–Crippen LogP) is 5.17. The molecule has 0 spiro atoms. The van der Waals surface area contributed by atoms with Crippen molar-refractivity contribution in [2.24, 2.45) is 11.5 Å². The second-order valence-electron chi connectivity index (χ2n) is 5.96. The Hall–Kier alpha value is -2.14. The van der Waals surface area contributed by atoms with Crippen LogP contribution in [0.4, 0.5) is 10.5 Å².